The van der Waals surface area contributed by atoms with Crippen LogP contribution in [0.3, 0.4) is 0 Å². The Morgan fingerprint density at radius 1 is 1.14 bits per heavy atom. The van der Waals surface area contributed by atoms with Crippen molar-refractivity contribution in [2.24, 2.45) is 0 Å². The molecule has 0 aromatic carbocycles. The summed E-state index contributed by atoms with van der Waals surface area (Å²) >= 11 is 0. The molecule has 1 heterocycles. The fraction of sp³-hybridized carbons (Fsp3) is 0.462. The van der Waals surface area contributed by atoms with E-state index in [9.17, 15) is 0 Å². The molecule has 73 valence electrons. The molecular formula is C13H16P. The van der Waals surface area contributed by atoms with E-state index >= 15 is 0 Å². The van der Waals surface area contributed by atoms with E-state index in [0.29, 0.717) is 0 Å². The lowest BCUT2D eigenvalue weighted by Gasteiger charge is -2.03. The first-order valence-corrected chi connectivity index (χ1v) is 6.35. The molecule has 0 spiro atoms. The summed E-state index contributed by atoms with van der Waals surface area (Å²) in [4.78, 5) is 0. The molecule has 1 radical (unpaired) electrons. The van der Waals surface area contributed by atoms with E-state index in [-0.39, 0.29) is 0 Å². The average Bonchev–Trinajstić information content (AvgIpc) is 2.72. The van der Waals surface area contributed by atoms with Crippen molar-refractivity contribution in [3.05, 3.63) is 34.2 Å². The van der Waals surface area contributed by atoms with E-state index in [4.69, 9.17) is 0 Å². The fourth-order valence-corrected chi connectivity index (χ4v) is 3.21. The second kappa shape index (κ2) is 3.87. The molecule has 1 aliphatic heterocycles. The van der Waals surface area contributed by atoms with E-state index in [1.54, 1.807) is 5.57 Å². The summed E-state index contributed by atoms with van der Waals surface area (Å²) in [7, 11) is 1.40. The summed E-state index contributed by atoms with van der Waals surface area (Å²) in [6, 6.07) is 0. The Balaban J connectivity index is 2.42. The van der Waals surface area contributed by atoms with Crippen LogP contribution in [0.4, 0.5) is 0 Å². The van der Waals surface area contributed by atoms with E-state index in [1.807, 2.05) is 0 Å². The van der Waals surface area contributed by atoms with Gasteiger partial charge in [0.15, 0.2) is 0 Å². The highest BCUT2D eigenvalue weighted by molar-refractivity contribution is 7.47. The molecule has 0 saturated heterocycles. The van der Waals surface area contributed by atoms with Crippen LogP contribution in [0.5, 0.6) is 0 Å². The highest BCUT2D eigenvalue weighted by Gasteiger charge is 2.22. The van der Waals surface area contributed by atoms with Crippen LogP contribution in [-0.2, 0) is 0 Å². The number of allylic oxidation sites excluding steroid dienone is 6. The van der Waals surface area contributed by atoms with Crippen molar-refractivity contribution in [1.82, 2.24) is 0 Å². The van der Waals surface area contributed by atoms with E-state index < -0.39 is 0 Å². The molecule has 0 unspecified atom stereocenters. The van der Waals surface area contributed by atoms with Crippen molar-refractivity contribution in [2.45, 2.75) is 40.0 Å². The first kappa shape index (κ1) is 9.93. The van der Waals surface area contributed by atoms with Gasteiger partial charge >= 0.3 is 0 Å². The monoisotopic (exact) mass is 203 g/mol. The molecule has 2 aliphatic rings. The van der Waals surface area contributed by atoms with Crippen LogP contribution in [0, 0.1) is 6.08 Å². The third-order valence-electron chi connectivity index (χ3n) is 2.85. The largest absolute Gasteiger partial charge is 0.0636 e. The minimum absolute atomic E-state index is 1.14. The topological polar surface area (TPSA) is 0 Å². The number of hydrogen-bond acceptors (Lipinski definition) is 0. The van der Waals surface area contributed by atoms with Gasteiger partial charge in [0.1, 0.15) is 0 Å². The number of rotatable bonds is 3. The fourth-order valence-electron chi connectivity index (χ4n) is 2.07. The molecule has 2 rings (SSSR count). The number of fused-ring (bicyclic) bond motifs is 1. The van der Waals surface area contributed by atoms with Gasteiger partial charge in [0.05, 0.1) is 0 Å². The summed E-state index contributed by atoms with van der Waals surface area (Å²) in [6.45, 7) is 6.70. The Morgan fingerprint density at radius 3 is 2.50 bits per heavy atom. The van der Waals surface area contributed by atoms with Gasteiger partial charge in [-0.3, -0.25) is 0 Å². The summed E-state index contributed by atoms with van der Waals surface area (Å²) in [5.41, 5.74) is 4.49. The van der Waals surface area contributed by atoms with Crippen LogP contribution in [0.1, 0.15) is 40.0 Å². The van der Waals surface area contributed by atoms with E-state index in [0.717, 1.165) is 19.3 Å². The molecule has 0 amide bonds. The lowest BCUT2D eigenvalue weighted by molar-refractivity contribution is 1.03. The summed E-state index contributed by atoms with van der Waals surface area (Å²) in [5.74, 6) is 0. The third-order valence-corrected chi connectivity index (χ3v) is 4.14. The van der Waals surface area contributed by atoms with E-state index in [1.165, 1.54) is 30.0 Å². The van der Waals surface area contributed by atoms with Crippen molar-refractivity contribution in [3.63, 3.8) is 0 Å². The van der Waals surface area contributed by atoms with Crippen molar-refractivity contribution >= 4 is 13.5 Å². The summed E-state index contributed by atoms with van der Waals surface area (Å²) < 4.78 is 0. The van der Waals surface area contributed by atoms with Gasteiger partial charge in [-0.05, 0) is 53.4 Å². The highest BCUT2D eigenvalue weighted by atomic mass is 31.1. The first-order chi connectivity index (χ1) is 6.80. The van der Waals surface area contributed by atoms with Gasteiger partial charge in [0.25, 0.3) is 0 Å². The molecule has 14 heavy (non-hydrogen) atoms. The van der Waals surface area contributed by atoms with Crippen LogP contribution < -0.4 is 0 Å². The van der Waals surface area contributed by atoms with Gasteiger partial charge in [-0.1, -0.05) is 29.0 Å². The zero-order chi connectivity index (χ0) is 10.1. The summed E-state index contributed by atoms with van der Waals surface area (Å²) in [6.07, 6.45) is 9.40. The van der Waals surface area contributed by atoms with Crippen LogP contribution >= 0.6 is 8.20 Å². The molecule has 0 nitrogen and oxygen atoms in total. The lowest BCUT2D eigenvalue weighted by Crippen LogP contribution is -1.88. The van der Waals surface area contributed by atoms with Crippen molar-refractivity contribution in [2.75, 3.05) is 0 Å². The zero-order valence-corrected chi connectivity index (χ0v) is 10.0. The molecule has 0 N–H and O–H groups in total. The molecule has 0 aromatic rings. The van der Waals surface area contributed by atoms with Gasteiger partial charge in [0, 0.05) is 5.29 Å². The summed E-state index contributed by atoms with van der Waals surface area (Å²) in [5, 5.41) is 2.95. The van der Waals surface area contributed by atoms with Crippen molar-refractivity contribution in [3.8, 4) is 0 Å². The van der Waals surface area contributed by atoms with Crippen molar-refractivity contribution in [1.29, 1.82) is 0 Å². The molecule has 1 aliphatic carbocycles. The molecule has 0 aromatic heterocycles. The van der Waals surface area contributed by atoms with Gasteiger partial charge < -0.3 is 0 Å². The standard InChI is InChI=1S/C13H16P/c1-4-9-7-13-12(11(9)6-3)8-10(5-2)14-13/h7H,4-6H2,1-3H3. The molecule has 0 saturated carbocycles. The average molecular weight is 203 g/mol. The van der Waals surface area contributed by atoms with Crippen LogP contribution in [-0.4, -0.2) is 5.29 Å². The maximum Gasteiger partial charge on any atom is 0.0105 e. The highest BCUT2D eigenvalue weighted by Crippen LogP contribution is 2.40. The Kier molecular flexibility index (Phi) is 2.74. The Bertz CT molecular complexity index is 378. The molecule has 0 fully saturated rings. The van der Waals surface area contributed by atoms with Crippen LogP contribution in [0.15, 0.2) is 28.1 Å². The van der Waals surface area contributed by atoms with Crippen LogP contribution in [0.2, 0.25) is 0 Å². The zero-order valence-electron chi connectivity index (χ0n) is 9.15. The van der Waals surface area contributed by atoms with Gasteiger partial charge in [-0.25, -0.2) is 0 Å². The molecular weight excluding hydrogens is 187 g/mol. The maximum absolute atomic E-state index is 3.56. The molecule has 1 heteroatoms. The third kappa shape index (κ3) is 1.42. The normalized spacial score (nSPS) is 20.6. The van der Waals surface area contributed by atoms with Gasteiger partial charge in [-0.2, -0.15) is 0 Å². The Morgan fingerprint density at radius 2 is 1.93 bits per heavy atom. The Labute approximate surface area is 88.2 Å². The second-order valence-corrected chi connectivity index (χ2v) is 4.90. The SMILES string of the molecule is CCC1=[C]C2=C(CC)C(CC)=CC2=P1. The number of hydrogen-bond donors (Lipinski definition) is 0. The Hall–Kier alpha value is -0.610. The molecule has 0 atom stereocenters. The van der Waals surface area contributed by atoms with Crippen molar-refractivity contribution < 1.29 is 0 Å². The quantitative estimate of drug-likeness (QED) is 0.601. The lowest BCUT2D eigenvalue weighted by atomic mass is 10.0. The smallest absolute Gasteiger partial charge is 0.0105 e. The maximum atomic E-state index is 3.56. The molecule has 0 bridgehead atoms. The van der Waals surface area contributed by atoms with Gasteiger partial charge in [0.2, 0.25) is 0 Å². The van der Waals surface area contributed by atoms with Crippen LogP contribution in [0.25, 0.3) is 0 Å². The minimum Gasteiger partial charge on any atom is -0.0636 e. The predicted octanol–water partition coefficient (Wildman–Crippen LogP) is 4.27. The predicted molar refractivity (Wildman–Crippen MR) is 64.7 cm³/mol. The van der Waals surface area contributed by atoms with Gasteiger partial charge in [-0.15, -0.1) is 0 Å². The minimum atomic E-state index is 1.14. The van der Waals surface area contributed by atoms with E-state index in [2.05, 4.69) is 32.9 Å². The second-order valence-electron chi connectivity index (χ2n) is 3.65. The first-order valence-electron chi connectivity index (χ1n) is 5.46.